The van der Waals surface area contributed by atoms with Crippen LogP contribution in [0.1, 0.15) is 0 Å². The van der Waals surface area contributed by atoms with Crippen LogP contribution in [0.15, 0.2) is 279 Å². The molecule has 350 valence electrons. The van der Waals surface area contributed by atoms with E-state index < -0.39 is 0 Å². The minimum Gasteiger partial charge on any atom is -0.0622 e. The van der Waals surface area contributed by atoms with Gasteiger partial charge in [-0.3, -0.25) is 0 Å². The highest BCUT2D eigenvalue weighted by molar-refractivity contribution is 6.32. The molecule has 0 aromatic heterocycles. The highest BCUT2D eigenvalue weighted by Crippen LogP contribution is 2.62. The van der Waals surface area contributed by atoms with E-state index in [9.17, 15) is 0 Å². The fourth-order valence-electron chi connectivity index (χ4n) is 13.4. The fraction of sp³-hybridized carbons (Fsp3) is 0. The Balaban J connectivity index is 1.02. The molecule has 0 heterocycles. The topological polar surface area (TPSA) is 0 Å². The van der Waals surface area contributed by atoms with Crippen molar-refractivity contribution in [2.45, 2.75) is 0 Å². The van der Waals surface area contributed by atoms with Gasteiger partial charge in [-0.2, -0.15) is 0 Å². The molecule has 14 aromatic rings. The largest absolute Gasteiger partial charge is 0.0622 e. The number of fused-ring (bicyclic) bond motifs is 8. The Hall–Kier alpha value is -9.88. The molecule has 0 heteroatoms. The van der Waals surface area contributed by atoms with Crippen LogP contribution in [-0.4, -0.2) is 0 Å². The molecular formula is C76H46. The highest BCUT2D eigenvalue weighted by Gasteiger charge is 2.34. The van der Waals surface area contributed by atoms with Gasteiger partial charge < -0.3 is 0 Å². The molecule has 14 aromatic carbocycles. The predicted octanol–water partition coefficient (Wildman–Crippen LogP) is 21.3. The summed E-state index contributed by atoms with van der Waals surface area (Å²) in [5.41, 5.74) is 27.7. The van der Waals surface area contributed by atoms with Crippen molar-refractivity contribution < 1.29 is 0 Å². The van der Waals surface area contributed by atoms with E-state index >= 15 is 0 Å². The van der Waals surface area contributed by atoms with Crippen molar-refractivity contribution in [2.24, 2.45) is 0 Å². The van der Waals surface area contributed by atoms with Crippen molar-refractivity contribution in [3.63, 3.8) is 0 Å². The Morgan fingerprint density at radius 2 is 0.474 bits per heavy atom. The molecule has 0 atom stereocenters. The third kappa shape index (κ3) is 6.25. The van der Waals surface area contributed by atoms with Crippen molar-refractivity contribution >= 4 is 43.1 Å². The van der Waals surface area contributed by atoms with Crippen molar-refractivity contribution in [2.75, 3.05) is 0 Å². The Kier molecular flexibility index (Phi) is 9.44. The molecule has 2 aliphatic carbocycles. The average molecular weight is 959 g/mol. The molecule has 0 bridgehead atoms. The van der Waals surface area contributed by atoms with Crippen molar-refractivity contribution in [3.05, 3.63) is 279 Å². The Morgan fingerprint density at radius 1 is 0.132 bits per heavy atom. The lowest BCUT2D eigenvalue weighted by Gasteiger charge is -2.21. The standard InChI is InChI=1S/C76H46/c1-7-22-47(23-8-1)53-38-39-60-65(44-53)70(52-32-17-6-18-33-52)73-61-37-21-36-57-56(41-43-62(71(57)61)74(73)69(60)51-30-15-5-16-31-51)54-45-64-55(48-24-9-2-10-25-48)40-42-63-72(64)66(46-54)76-68(50-28-13-4-14-29-50)59-35-20-19-34-58(59)67(75(63)76)49-26-11-3-12-27-49/h1-46H. The molecule has 16 rings (SSSR count). The highest BCUT2D eigenvalue weighted by atomic mass is 14.4. The molecule has 0 fully saturated rings. The van der Waals surface area contributed by atoms with Crippen LogP contribution < -0.4 is 0 Å². The van der Waals surface area contributed by atoms with E-state index in [-0.39, 0.29) is 0 Å². The third-order valence-corrected chi connectivity index (χ3v) is 16.5. The Morgan fingerprint density at radius 3 is 0.974 bits per heavy atom. The lowest BCUT2D eigenvalue weighted by atomic mass is 9.82. The minimum absolute atomic E-state index is 1.21. The van der Waals surface area contributed by atoms with Crippen LogP contribution in [0.25, 0.3) is 165 Å². The molecule has 76 heavy (non-hydrogen) atoms. The first-order valence-corrected chi connectivity index (χ1v) is 26.5. The summed E-state index contributed by atoms with van der Waals surface area (Å²) >= 11 is 0. The molecule has 0 nitrogen and oxygen atoms in total. The van der Waals surface area contributed by atoms with Gasteiger partial charge in [-0.1, -0.05) is 261 Å². The van der Waals surface area contributed by atoms with Gasteiger partial charge in [0, 0.05) is 0 Å². The summed E-state index contributed by atoms with van der Waals surface area (Å²) in [6, 6.07) is 104. The Bertz CT molecular complexity index is 4670. The first kappa shape index (κ1) is 42.6. The zero-order valence-corrected chi connectivity index (χ0v) is 41.6. The minimum atomic E-state index is 1.21. The van der Waals surface area contributed by atoms with E-state index in [0.717, 1.165) is 0 Å². The van der Waals surface area contributed by atoms with Crippen LogP contribution in [0.5, 0.6) is 0 Å². The maximum absolute atomic E-state index is 2.54. The van der Waals surface area contributed by atoms with Gasteiger partial charge in [0.15, 0.2) is 0 Å². The Labute approximate surface area is 442 Å². The first-order valence-electron chi connectivity index (χ1n) is 26.5. The monoisotopic (exact) mass is 958 g/mol. The molecule has 0 spiro atoms. The second kappa shape index (κ2) is 16.8. The fourth-order valence-corrected chi connectivity index (χ4v) is 13.4. The zero-order valence-electron chi connectivity index (χ0n) is 41.6. The zero-order chi connectivity index (χ0) is 49.8. The van der Waals surface area contributed by atoms with Gasteiger partial charge in [-0.15, -0.1) is 0 Å². The summed E-state index contributed by atoms with van der Waals surface area (Å²) in [6.45, 7) is 0. The predicted molar refractivity (Wildman–Crippen MR) is 323 cm³/mol. The van der Waals surface area contributed by atoms with E-state index in [1.165, 1.54) is 165 Å². The molecule has 2 aliphatic rings. The van der Waals surface area contributed by atoms with Crippen molar-refractivity contribution in [1.29, 1.82) is 0 Å². The van der Waals surface area contributed by atoms with E-state index in [1.54, 1.807) is 0 Å². The molecule has 0 aliphatic heterocycles. The maximum Gasteiger partial charge on any atom is -0.000719 e. The van der Waals surface area contributed by atoms with Gasteiger partial charge in [0.25, 0.3) is 0 Å². The lowest BCUT2D eigenvalue weighted by Crippen LogP contribution is -1.94. The summed E-state index contributed by atoms with van der Waals surface area (Å²) in [4.78, 5) is 0. The van der Waals surface area contributed by atoms with Gasteiger partial charge in [0.05, 0.1) is 0 Å². The van der Waals surface area contributed by atoms with Gasteiger partial charge in [0.1, 0.15) is 0 Å². The summed E-state index contributed by atoms with van der Waals surface area (Å²) < 4.78 is 0. The smallest absolute Gasteiger partial charge is 0.000719 e. The number of hydrogen-bond acceptors (Lipinski definition) is 0. The second-order valence-corrected chi connectivity index (χ2v) is 20.5. The van der Waals surface area contributed by atoms with Gasteiger partial charge in [0.2, 0.25) is 0 Å². The second-order valence-electron chi connectivity index (χ2n) is 20.5. The summed E-state index contributed by atoms with van der Waals surface area (Å²) in [7, 11) is 0. The summed E-state index contributed by atoms with van der Waals surface area (Å²) in [5, 5.41) is 10.2. The van der Waals surface area contributed by atoms with Crippen LogP contribution >= 0.6 is 0 Å². The van der Waals surface area contributed by atoms with Crippen LogP contribution in [0.3, 0.4) is 0 Å². The molecule has 0 saturated carbocycles. The molecule has 0 unspecified atom stereocenters. The van der Waals surface area contributed by atoms with Crippen molar-refractivity contribution in [1.82, 2.24) is 0 Å². The molecule has 0 amide bonds. The molecule has 0 N–H and O–H groups in total. The van der Waals surface area contributed by atoms with Gasteiger partial charge >= 0.3 is 0 Å². The lowest BCUT2D eigenvalue weighted by molar-refractivity contribution is 1.61. The van der Waals surface area contributed by atoms with E-state index in [4.69, 9.17) is 0 Å². The van der Waals surface area contributed by atoms with E-state index in [1.807, 2.05) is 0 Å². The van der Waals surface area contributed by atoms with Gasteiger partial charge in [-0.25, -0.2) is 0 Å². The van der Waals surface area contributed by atoms with Crippen LogP contribution in [-0.2, 0) is 0 Å². The SMILES string of the molecule is c1ccc(-c2ccc3c(-c4ccccc4)c4c(c(-c5ccccc5)c3c2)-c2cccc3c(-c5cc6c7c(ccc(-c8ccccc8)c7c5)-c5c-6c(-c6ccccc6)c6ccccc6c5-c5ccccc5)ccc-4c23)cc1. The van der Waals surface area contributed by atoms with Crippen LogP contribution in [0, 0.1) is 0 Å². The number of benzene rings is 14. The van der Waals surface area contributed by atoms with E-state index in [2.05, 4.69) is 279 Å². The third-order valence-electron chi connectivity index (χ3n) is 16.5. The normalized spacial score (nSPS) is 11.9. The number of rotatable bonds is 7. The first-order chi connectivity index (χ1) is 37.8. The van der Waals surface area contributed by atoms with Crippen LogP contribution in [0.4, 0.5) is 0 Å². The van der Waals surface area contributed by atoms with Crippen molar-refractivity contribution in [3.8, 4) is 122 Å². The van der Waals surface area contributed by atoms with E-state index in [0.29, 0.717) is 0 Å². The van der Waals surface area contributed by atoms with Gasteiger partial charge in [-0.05, 0) is 184 Å². The molecule has 0 radical (unpaired) electrons. The maximum atomic E-state index is 2.54. The summed E-state index contributed by atoms with van der Waals surface area (Å²) in [5.74, 6) is 0. The molecular weight excluding hydrogens is 913 g/mol. The quantitative estimate of drug-likeness (QED) is 0.149. The average Bonchev–Trinajstić information content (AvgIpc) is 4.17. The summed E-state index contributed by atoms with van der Waals surface area (Å²) in [6.07, 6.45) is 0. The number of hydrogen-bond donors (Lipinski definition) is 0. The molecule has 0 saturated heterocycles. The van der Waals surface area contributed by atoms with Crippen LogP contribution in [0.2, 0.25) is 0 Å².